The lowest BCUT2D eigenvalue weighted by Crippen LogP contribution is -2.20. The van der Waals surface area contributed by atoms with Crippen LogP contribution in [0.3, 0.4) is 0 Å². The van der Waals surface area contributed by atoms with Crippen LogP contribution in [-0.2, 0) is 19.4 Å². The number of aryl methyl sites for hydroxylation is 1. The van der Waals surface area contributed by atoms with Gasteiger partial charge in [-0.3, -0.25) is 4.57 Å². The Morgan fingerprint density at radius 3 is 2.95 bits per heavy atom. The average Bonchev–Trinajstić information content (AvgIpc) is 2.91. The molecule has 0 spiro atoms. The number of pyridine rings is 1. The molecule has 3 rings (SSSR count). The second-order valence-corrected chi connectivity index (χ2v) is 6.23. The van der Waals surface area contributed by atoms with Crippen molar-refractivity contribution in [2.24, 2.45) is 5.92 Å². The first-order chi connectivity index (χ1) is 10.2. The Labute approximate surface area is 126 Å². The highest BCUT2D eigenvalue weighted by Crippen LogP contribution is 2.22. The second kappa shape index (κ2) is 6.39. The van der Waals surface area contributed by atoms with Gasteiger partial charge in [-0.15, -0.1) is 0 Å². The Hall–Kier alpha value is -1.68. The molecule has 0 radical (unpaired) electrons. The summed E-state index contributed by atoms with van der Waals surface area (Å²) in [4.78, 5) is 9.34. The lowest BCUT2D eigenvalue weighted by atomic mass is 10.0. The van der Waals surface area contributed by atoms with Crippen LogP contribution in [-0.4, -0.2) is 21.1 Å². The summed E-state index contributed by atoms with van der Waals surface area (Å²) in [5, 5.41) is 3.45. The molecule has 0 aliphatic heterocycles. The van der Waals surface area contributed by atoms with E-state index in [-0.39, 0.29) is 0 Å². The van der Waals surface area contributed by atoms with Crippen molar-refractivity contribution < 1.29 is 0 Å². The van der Waals surface area contributed by atoms with Gasteiger partial charge in [0.2, 0.25) is 0 Å². The molecule has 4 nitrogen and oxygen atoms in total. The summed E-state index contributed by atoms with van der Waals surface area (Å²) in [5.41, 5.74) is 3.69. The van der Waals surface area contributed by atoms with E-state index in [9.17, 15) is 0 Å². The van der Waals surface area contributed by atoms with Crippen molar-refractivity contribution in [3.05, 3.63) is 41.6 Å². The topological polar surface area (TPSA) is 42.7 Å². The lowest BCUT2D eigenvalue weighted by molar-refractivity contribution is 0.548. The van der Waals surface area contributed by atoms with Gasteiger partial charge in [-0.25, -0.2) is 9.97 Å². The summed E-state index contributed by atoms with van der Waals surface area (Å²) >= 11 is 0. The van der Waals surface area contributed by atoms with Gasteiger partial charge in [0.1, 0.15) is 12.1 Å². The van der Waals surface area contributed by atoms with E-state index in [0.717, 1.165) is 37.4 Å². The zero-order valence-electron chi connectivity index (χ0n) is 13.0. The second-order valence-electron chi connectivity index (χ2n) is 6.23. The van der Waals surface area contributed by atoms with Gasteiger partial charge in [-0.1, -0.05) is 19.9 Å². The Balaban J connectivity index is 1.78. The first-order valence-corrected chi connectivity index (χ1v) is 7.96. The van der Waals surface area contributed by atoms with Gasteiger partial charge in [0.05, 0.1) is 11.4 Å². The zero-order chi connectivity index (χ0) is 14.7. The number of hydrogen-bond acceptors (Lipinski definition) is 3. The van der Waals surface area contributed by atoms with Crippen molar-refractivity contribution in [2.75, 3.05) is 6.54 Å². The molecule has 0 aromatic carbocycles. The summed E-state index contributed by atoms with van der Waals surface area (Å²) in [6, 6.07) is 6.24. The van der Waals surface area contributed by atoms with Crippen LogP contribution in [0.5, 0.6) is 0 Å². The molecule has 2 aromatic rings. The zero-order valence-corrected chi connectivity index (χ0v) is 13.0. The average molecular weight is 284 g/mol. The third kappa shape index (κ3) is 3.32. The van der Waals surface area contributed by atoms with Crippen LogP contribution in [0.2, 0.25) is 0 Å². The summed E-state index contributed by atoms with van der Waals surface area (Å²) in [6.45, 7) is 6.28. The molecule has 0 unspecified atom stereocenters. The molecule has 0 atom stereocenters. The highest BCUT2D eigenvalue weighted by Gasteiger charge is 2.16. The molecule has 1 N–H and O–H groups in total. The molecule has 21 heavy (non-hydrogen) atoms. The maximum Gasteiger partial charge on any atom is 0.138 e. The van der Waals surface area contributed by atoms with E-state index in [1.54, 1.807) is 0 Å². The Bertz CT molecular complexity index is 601. The van der Waals surface area contributed by atoms with Crippen LogP contribution in [0.1, 0.15) is 43.8 Å². The van der Waals surface area contributed by atoms with Crippen molar-refractivity contribution in [3.8, 4) is 5.82 Å². The minimum absolute atomic E-state index is 0.661. The molecule has 0 fully saturated rings. The highest BCUT2D eigenvalue weighted by atomic mass is 15.1. The Morgan fingerprint density at radius 1 is 1.24 bits per heavy atom. The number of hydrogen-bond donors (Lipinski definition) is 1. The fourth-order valence-electron chi connectivity index (χ4n) is 2.86. The fraction of sp³-hybridized carbons (Fsp3) is 0.529. The SMILES string of the molecule is CC(C)CNCc1cccc(-n2cnc3c2CCCC3)n1. The first kappa shape index (κ1) is 14.3. The van der Waals surface area contributed by atoms with E-state index in [0.29, 0.717) is 5.92 Å². The van der Waals surface area contributed by atoms with E-state index in [1.165, 1.54) is 24.2 Å². The minimum Gasteiger partial charge on any atom is -0.311 e. The Morgan fingerprint density at radius 2 is 2.10 bits per heavy atom. The Kier molecular flexibility index (Phi) is 4.34. The number of aromatic nitrogens is 3. The summed E-state index contributed by atoms with van der Waals surface area (Å²) in [5.74, 6) is 1.66. The molecule has 0 saturated heterocycles. The summed E-state index contributed by atoms with van der Waals surface area (Å²) < 4.78 is 2.17. The minimum atomic E-state index is 0.661. The molecule has 112 valence electrons. The molecule has 1 aliphatic rings. The third-order valence-electron chi connectivity index (χ3n) is 3.93. The quantitative estimate of drug-likeness (QED) is 0.918. The largest absolute Gasteiger partial charge is 0.311 e. The van der Waals surface area contributed by atoms with Crippen LogP contribution in [0.15, 0.2) is 24.5 Å². The fourth-order valence-corrected chi connectivity index (χ4v) is 2.86. The molecular weight excluding hydrogens is 260 g/mol. The number of nitrogens with zero attached hydrogens (tertiary/aromatic N) is 3. The van der Waals surface area contributed by atoms with E-state index < -0.39 is 0 Å². The van der Waals surface area contributed by atoms with Gasteiger partial charge in [-0.05, 0) is 50.3 Å². The first-order valence-electron chi connectivity index (χ1n) is 7.96. The van der Waals surface area contributed by atoms with Crippen LogP contribution in [0.4, 0.5) is 0 Å². The maximum absolute atomic E-state index is 4.78. The van der Waals surface area contributed by atoms with Gasteiger partial charge in [0.25, 0.3) is 0 Å². The maximum atomic E-state index is 4.78. The molecule has 1 aliphatic carbocycles. The number of rotatable bonds is 5. The van der Waals surface area contributed by atoms with Crippen molar-refractivity contribution in [3.63, 3.8) is 0 Å². The van der Waals surface area contributed by atoms with E-state index in [4.69, 9.17) is 4.98 Å². The van der Waals surface area contributed by atoms with Crippen LogP contribution < -0.4 is 5.32 Å². The van der Waals surface area contributed by atoms with Crippen LogP contribution >= 0.6 is 0 Å². The predicted molar refractivity (Wildman–Crippen MR) is 84.5 cm³/mol. The summed E-state index contributed by atoms with van der Waals surface area (Å²) in [6.07, 6.45) is 6.68. The molecule has 2 aromatic heterocycles. The van der Waals surface area contributed by atoms with E-state index >= 15 is 0 Å². The monoisotopic (exact) mass is 284 g/mol. The number of fused-ring (bicyclic) bond motifs is 1. The lowest BCUT2D eigenvalue weighted by Gasteiger charge is -2.14. The van der Waals surface area contributed by atoms with E-state index in [1.807, 2.05) is 6.33 Å². The van der Waals surface area contributed by atoms with Gasteiger partial charge in [0.15, 0.2) is 0 Å². The number of nitrogens with one attached hydrogen (secondary N) is 1. The van der Waals surface area contributed by atoms with Crippen molar-refractivity contribution in [1.29, 1.82) is 0 Å². The standard InChI is InChI=1S/C17H24N4/c1-13(2)10-18-11-14-6-5-9-17(20-14)21-12-19-15-7-3-4-8-16(15)21/h5-6,9,12-13,18H,3-4,7-8,10-11H2,1-2H3. The molecule has 0 saturated carbocycles. The molecule has 0 amide bonds. The molecular formula is C17H24N4. The van der Waals surface area contributed by atoms with Crippen molar-refractivity contribution >= 4 is 0 Å². The van der Waals surface area contributed by atoms with Gasteiger partial charge < -0.3 is 5.32 Å². The van der Waals surface area contributed by atoms with Crippen LogP contribution in [0, 0.1) is 5.92 Å². The summed E-state index contributed by atoms with van der Waals surface area (Å²) in [7, 11) is 0. The smallest absolute Gasteiger partial charge is 0.138 e. The van der Waals surface area contributed by atoms with Gasteiger partial charge in [-0.2, -0.15) is 0 Å². The van der Waals surface area contributed by atoms with Crippen LogP contribution in [0.25, 0.3) is 5.82 Å². The molecule has 4 heteroatoms. The molecule has 2 heterocycles. The van der Waals surface area contributed by atoms with Crippen molar-refractivity contribution in [1.82, 2.24) is 19.9 Å². The van der Waals surface area contributed by atoms with E-state index in [2.05, 4.69) is 46.9 Å². The third-order valence-corrected chi connectivity index (χ3v) is 3.93. The van der Waals surface area contributed by atoms with Gasteiger partial charge >= 0.3 is 0 Å². The molecule has 0 bridgehead atoms. The van der Waals surface area contributed by atoms with Gasteiger partial charge in [0, 0.05) is 12.2 Å². The highest BCUT2D eigenvalue weighted by molar-refractivity contribution is 5.31. The van der Waals surface area contributed by atoms with Crippen molar-refractivity contribution in [2.45, 2.75) is 46.1 Å². The number of imidazole rings is 1. The predicted octanol–water partition coefficient (Wildman–Crippen LogP) is 2.89. The normalized spacial score (nSPS) is 14.4.